The van der Waals surface area contributed by atoms with E-state index in [-0.39, 0.29) is 6.09 Å². The zero-order valence-electron chi connectivity index (χ0n) is 14.4. The first-order valence-electron chi connectivity index (χ1n) is 8.48. The zero-order chi connectivity index (χ0) is 16.4. The number of benzene rings is 1. The van der Waals surface area contributed by atoms with E-state index >= 15 is 0 Å². The summed E-state index contributed by atoms with van der Waals surface area (Å²) >= 11 is 0. The molecule has 1 saturated heterocycles. The molecular weight excluding hydrogens is 290 g/mol. The van der Waals surface area contributed by atoms with E-state index in [1.54, 1.807) is 0 Å². The molecule has 0 atom stereocenters. The van der Waals surface area contributed by atoms with Crippen molar-refractivity contribution in [2.75, 3.05) is 37.6 Å². The minimum absolute atomic E-state index is 0.210. The first kappa shape index (κ1) is 16.1. The fraction of sp³-hybridized carbons (Fsp3) is 0.611. The molecule has 0 aromatic heterocycles. The van der Waals surface area contributed by atoms with Gasteiger partial charge < -0.3 is 19.9 Å². The molecule has 0 radical (unpaired) electrons. The van der Waals surface area contributed by atoms with Gasteiger partial charge in [0.25, 0.3) is 0 Å². The highest BCUT2D eigenvalue weighted by Gasteiger charge is 2.28. The minimum atomic E-state index is -0.449. The van der Waals surface area contributed by atoms with Gasteiger partial charge in [-0.15, -0.1) is 0 Å². The molecule has 0 unspecified atom stereocenters. The predicted molar refractivity (Wildman–Crippen MR) is 91.9 cm³/mol. The van der Waals surface area contributed by atoms with Crippen molar-refractivity contribution in [3.05, 3.63) is 29.3 Å². The summed E-state index contributed by atoms with van der Waals surface area (Å²) in [6, 6.07) is 6.51. The average Bonchev–Trinajstić information content (AvgIpc) is 2.53. The van der Waals surface area contributed by atoms with Crippen LogP contribution in [-0.4, -0.2) is 49.3 Å². The highest BCUT2D eigenvalue weighted by atomic mass is 16.6. The molecule has 0 saturated carbocycles. The molecule has 23 heavy (non-hydrogen) atoms. The molecule has 5 heteroatoms. The van der Waals surface area contributed by atoms with Crippen molar-refractivity contribution in [1.82, 2.24) is 10.2 Å². The Morgan fingerprint density at radius 2 is 1.91 bits per heavy atom. The van der Waals surface area contributed by atoms with Crippen LogP contribution in [0.5, 0.6) is 0 Å². The van der Waals surface area contributed by atoms with E-state index in [1.807, 2.05) is 25.7 Å². The van der Waals surface area contributed by atoms with Crippen LogP contribution in [0.4, 0.5) is 10.5 Å². The molecule has 2 aliphatic rings. The smallest absolute Gasteiger partial charge is 0.410 e. The van der Waals surface area contributed by atoms with Crippen molar-refractivity contribution >= 4 is 11.8 Å². The van der Waals surface area contributed by atoms with E-state index in [0.29, 0.717) is 6.54 Å². The molecular formula is C18H27N3O2. The molecule has 5 nitrogen and oxygen atoms in total. The standard InChI is InChI=1S/C18H27N3O2/c1-18(2,3)23-17(22)21-10-7-14-5-4-6-16(15(14)13-21)20-11-8-19-9-12-20/h4-6,19H,7-13H2,1-3H3. The molecule has 1 amide bonds. The van der Waals surface area contributed by atoms with Crippen molar-refractivity contribution in [3.63, 3.8) is 0 Å². The maximum atomic E-state index is 12.4. The van der Waals surface area contributed by atoms with Crippen LogP contribution in [0.15, 0.2) is 18.2 Å². The number of anilines is 1. The maximum Gasteiger partial charge on any atom is 0.410 e. The summed E-state index contributed by atoms with van der Waals surface area (Å²) in [5, 5.41) is 3.39. The lowest BCUT2D eigenvalue weighted by molar-refractivity contribution is 0.0224. The quantitative estimate of drug-likeness (QED) is 0.864. The van der Waals surface area contributed by atoms with Crippen molar-refractivity contribution in [1.29, 1.82) is 0 Å². The fourth-order valence-electron chi connectivity index (χ4n) is 3.25. The van der Waals surface area contributed by atoms with Crippen LogP contribution in [-0.2, 0) is 17.7 Å². The summed E-state index contributed by atoms with van der Waals surface area (Å²) in [6.07, 6.45) is 0.687. The van der Waals surface area contributed by atoms with Crippen LogP contribution in [0, 0.1) is 0 Å². The Morgan fingerprint density at radius 1 is 1.17 bits per heavy atom. The number of hydrogen-bond donors (Lipinski definition) is 1. The van der Waals surface area contributed by atoms with Crippen molar-refractivity contribution < 1.29 is 9.53 Å². The number of carbonyl (C=O) groups is 1. The molecule has 0 aliphatic carbocycles. The van der Waals surface area contributed by atoms with Gasteiger partial charge >= 0.3 is 6.09 Å². The molecule has 0 spiro atoms. The number of hydrogen-bond acceptors (Lipinski definition) is 4. The van der Waals surface area contributed by atoms with Gasteiger partial charge in [-0.3, -0.25) is 0 Å². The van der Waals surface area contributed by atoms with Gasteiger partial charge in [0, 0.05) is 38.4 Å². The van der Waals surface area contributed by atoms with Gasteiger partial charge in [-0.1, -0.05) is 12.1 Å². The topological polar surface area (TPSA) is 44.8 Å². The Hall–Kier alpha value is -1.75. The molecule has 0 bridgehead atoms. The summed E-state index contributed by atoms with van der Waals surface area (Å²) < 4.78 is 5.54. The van der Waals surface area contributed by atoms with Gasteiger partial charge in [-0.2, -0.15) is 0 Å². The van der Waals surface area contributed by atoms with Crippen LogP contribution < -0.4 is 10.2 Å². The summed E-state index contributed by atoms with van der Waals surface area (Å²) in [5.74, 6) is 0. The van der Waals surface area contributed by atoms with Crippen LogP contribution in [0.2, 0.25) is 0 Å². The van der Waals surface area contributed by atoms with E-state index in [1.165, 1.54) is 16.8 Å². The number of nitrogens with zero attached hydrogens (tertiary/aromatic N) is 2. The number of amides is 1. The van der Waals surface area contributed by atoms with Crippen molar-refractivity contribution in [2.45, 2.75) is 39.3 Å². The molecule has 2 aliphatic heterocycles. The van der Waals surface area contributed by atoms with Gasteiger partial charge in [0.15, 0.2) is 0 Å². The normalized spacial score (nSPS) is 18.6. The largest absolute Gasteiger partial charge is 0.444 e. The molecule has 3 rings (SSSR count). The van der Waals surface area contributed by atoms with Gasteiger partial charge in [-0.25, -0.2) is 4.79 Å². The summed E-state index contributed by atoms with van der Waals surface area (Å²) in [4.78, 5) is 16.6. The second-order valence-electron chi connectivity index (χ2n) is 7.30. The predicted octanol–water partition coefficient (Wildman–Crippen LogP) is 2.39. The number of fused-ring (bicyclic) bond motifs is 1. The van der Waals surface area contributed by atoms with Gasteiger partial charge in [-0.05, 0) is 44.4 Å². The number of carbonyl (C=O) groups excluding carboxylic acids is 1. The second kappa shape index (κ2) is 6.40. The average molecular weight is 317 g/mol. The molecule has 1 aromatic rings. The van der Waals surface area contributed by atoms with Gasteiger partial charge in [0.05, 0.1) is 6.54 Å². The Bertz CT molecular complexity index is 574. The van der Waals surface area contributed by atoms with Crippen molar-refractivity contribution in [3.8, 4) is 0 Å². The second-order valence-corrected chi connectivity index (χ2v) is 7.30. The monoisotopic (exact) mass is 317 g/mol. The van der Waals surface area contributed by atoms with Crippen molar-refractivity contribution in [2.24, 2.45) is 0 Å². The first-order valence-corrected chi connectivity index (χ1v) is 8.48. The van der Waals surface area contributed by atoms with Crippen LogP contribution >= 0.6 is 0 Å². The minimum Gasteiger partial charge on any atom is -0.444 e. The number of piperazine rings is 1. The Balaban J connectivity index is 1.80. The Kier molecular flexibility index (Phi) is 4.48. The third-order valence-corrected chi connectivity index (χ3v) is 4.36. The fourth-order valence-corrected chi connectivity index (χ4v) is 3.25. The highest BCUT2D eigenvalue weighted by molar-refractivity contribution is 5.70. The zero-order valence-corrected chi connectivity index (χ0v) is 14.4. The third kappa shape index (κ3) is 3.78. The lowest BCUT2D eigenvalue weighted by atomic mass is 9.97. The number of ether oxygens (including phenoxy) is 1. The Morgan fingerprint density at radius 3 is 2.61 bits per heavy atom. The van der Waals surface area contributed by atoms with E-state index < -0.39 is 5.60 Å². The molecule has 126 valence electrons. The van der Waals surface area contributed by atoms with E-state index in [0.717, 1.165) is 39.1 Å². The maximum absolute atomic E-state index is 12.4. The SMILES string of the molecule is CC(C)(C)OC(=O)N1CCc2cccc(N3CCNCC3)c2C1. The molecule has 1 aromatic carbocycles. The van der Waals surface area contributed by atoms with E-state index in [4.69, 9.17) is 4.74 Å². The molecule has 1 fully saturated rings. The number of nitrogens with one attached hydrogen (secondary N) is 1. The Labute approximate surface area is 138 Å². The van der Waals surface area contributed by atoms with E-state index in [9.17, 15) is 4.79 Å². The van der Waals surface area contributed by atoms with E-state index in [2.05, 4.69) is 28.4 Å². The lowest BCUT2D eigenvalue weighted by Crippen LogP contribution is -2.45. The number of rotatable bonds is 1. The van der Waals surface area contributed by atoms with Crippen LogP contribution in [0.3, 0.4) is 0 Å². The lowest BCUT2D eigenvalue weighted by Gasteiger charge is -2.36. The summed E-state index contributed by atoms with van der Waals surface area (Å²) in [6.45, 7) is 11.2. The summed E-state index contributed by atoms with van der Waals surface area (Å²) in [7, 11) is 0. The van der Waals surface area contributed by atoms with Gasteiger partial charge in [0.1, 0.15) is 5.60 Å². The van der Waals surface area contributed by atoms with Crippen LogP contribution in [0.25, 0.3) is 0 Å². The van der Waals surface area contributed by atoms with Crippen LogP contribution in [0.1, 0.15) is 31.9 Å². The van der Waals surface area contributed by atoms with Gasteiger partial charge in [0.2, 0.25) is 0 Å². The third-order valence-electron chi connectivity index (χ3n) is 4.36. The summed E-state index contributed by atoms with van der Waals surface area (Å²) in [5.41, 5.74) is 3.47. The highest BCUT2D eigenvalue weighted by Crippen LogP contribution is 2.30. The molecule has 1 N–H and O–H groups in total. The first-order chi connectivity index (χ1) is 10.9. The molecule has 2 heterocycles.